The Morgan fingerprint density at radius 1 is 1.50 bits per heavy atom. The number of hydrogen-bond donors (Lipinski definition) is 1. The summed E-state index contributed by atoms with van der Waals surface area (Å²) in [5.74, 6) is -0.724. The van der Waals surface area contributed by atoms with Gasteiger partial charge in [0.05, 0.1) is 11.5 Å². The molecule has 0 aromatic heterocycles. The van der Waals surface area contributed by atoms with E-state index in [0.717, 1.165) is 18.4 Å². The molecule has 0 amide bonds. The number of aliphatic carboxylic acids is 1. The first-order valence-corrected chi connectivity index (χ1v) is 6.45. The number of carbonyl (C=O) groups is 1. The Morgan fingerprint density at radius 2 is 2.22 bits per heavy atom. The highest BCUT2D eigenvalue weighted by Gasteiger charge is 2.44. The number of hydrogen-bond acceptors (Lipinski definition) is 2. The molecule has 0 fully saturated rings. The summed E-state index contributed by atoms with van der Waals surface area (Å²) in [6.45, 7) is 1.93. The Bertz CT molecular complexity index is 441. The van der Waals surface area contributed by atoms with Crippen LogP contribution in [0.5, 0.6) is 0 Å². The second-order valence-corrected chi connectivity index (χ2v) is 5.15. The largest absolute Gasteiger partial charge is 0.481 e. The zero-order valence-corrected chi connectivity index (χ0v) is 11.0. The molecular weight excluding hydrogens is 228 g/mol. The van der Waals surface area contributed by atoms with Crippen molar-refractivity contribution in [2.75, 3.05) is 7.11 Å². The molecule has 18 heavy (non-hydrogen) atoms. The van der Waals surface area contributed by atoms with Gasteiger partial charge in [-0.3, -0.25) is 4.79 Å². The zero-order chi connectivity index (χ0) is 13.2. The molecule has 0 heterocycles. The smallest absolute Gasteiger partial charge is 0.314 e. The van der Waals surface area contributed by atoms with Crippen LogP contribution in [0.1, 0.15) is 37.3 Å². The third kappa shape index (κ3) is 2.15. The predicted octanol–water partition coefficient (Wildman–Crippen LogP) is 2.77. The maximum absolute atomic E-state index is 11.8. The molecule has 0 bridgehead atoms. The third-order valence-corrected chi connectivity index (χ3v) is 4.03. The number of carboxylic acids is 1. The minimum absolute atomic E-state index is 0.0488. The summed E-state index contributed by atoms with van der Waals surface area (Å²) in [6.07, 6.45) is 3.10. The second-order valence-electron chi connectivity index (χ2n) is 5.15. The molecule has 2 rings (SSSR count). The lowest BCUT2D eigenvalue weighted by molar-refractivity contribution is -0.146. The highest BCUT2D eigenvalue weighted by atomic mass is 16.5. The van der Waals surface area contributed by atoms with Crippen LogP contribution < -0.4 is 0 Å². The van der Waals surface area contributed by atoms with E-state index in [0.29, 0.717) is 12.8 Å². The van der Waals surface area contributed by atoms with E-state index in [4.69, 9.17) is 4.74 Å². The molecule has 0 saturated heterocycles. The molecule has 1 N–H and O–H groups in total. The molecular formula is C15H20O3. The van der Waals surface area contributed by atoms with E-state index < -0.39 is 11.4 Å². The van der Waals surface area contributed by atoms with Gasteiger partial charge in [0.1, 0.15) is 0 Å². The normalized spacial score (nSPS) is 24.3. The molecule has 2 unspecified atom stereocenters. The average Bonchev–Trinajstić information content (AvgIpc) is 2.38. The Kier molecular flexibility index (Phi) is 3.71. The van der Waals surface area contributed by atoms with E-state index in [-0.39, 0.29) is 6.10 Å². The van der Waals surface area contributed by atoms with Crippen LogP contribution in [0.3, 0.4) is 0 Å². The minimum Gasteiger partial charge on any atom is -0.481 e. The number of ether oxygens (including phenoxy) is 1. The van der Waals surface area contributed by atoms with Gasteiger partial charge < -0.3 is 9.84 Å². The van der Waals surface area contributed by atoms with Gasteiger partial charge >= 0.3 is 5.97 Å². The van der Waals surface area contributed by atoms with Crippen molar-refractivity contribution in [2.24, 2.45) is 0 Å². The molecule has 0 aliphatic heterocycles. The van der Waals surface area contributed by atoms with E-state index in [2.05, 4.69) is 0 Å². The SMILES string of the molecule is COC(C)CC1(C(=O)O)CCCc2ccccc21. The third-order valence-electron chi connectivity index (χ3n) is 4.03. The van der Waals surface area contributed by atoms with E-state index >= 15 is 0 Å². The number of methoxy groups -OCH3 is 1. The van der Waals surface area contributed by atoms with Gasteiger partial charge in [0.15, 0.2) is 0 Å². The van der Waals surface area contributed by atoms with Crippen LogP contribution in [0.15, 0.2) is 24.3 Å². The van der Waals surface area contributed by atoms with Gasteiger partial charge in [-0.25, -0.2) is 0 Å². The lowest BCUT2D eigenvalue weighted by Gasteiger charge is -2.37. The molecule has 1 aliphatic carbocycles. The summed E-state index contributed by atoms with van der Waals surface area (Å²) in [7, 11) is 1.63. The van der Waals surface area contributed by atoms with Crippen molar-refractivity contribution < 1.29 is 14.6 Å². The van der Waals surface area contributed by atoms with Crippen molar-refractivity contribution in [3.63, 3.8) is 0 Å². The van der Waals surface area contributed by atoms with E-state index in [1.807, 2.05) is 31.2 Å². The first-order valence-electron chi connectivity index (χ1n) is 6.45. The zero-order valence-electron chi connectivity index (χ0n) is 11.0. The van der Waals surface area contributed by atoms with Crippen molar-refractivity contribution in [1.29, 1.82) is 0 Å². The first-order chi connectivity index (χ1) is 8.60. The molecule has 1 aromatic carbocycles. The molecule has 3 heteroatoms. The maximum atomic E-state index is 11.8. The molecule has 0 saturated carbocycles. The van der Waals surface area contributed by atoms with E-state index in [1.165, 1.54) is 5.56 Å². The van der Waals surface area contributed by atoms with E-state index in [1.54, 1.807) is 7.11 Å². The summed E-state index contributed by atoms with van der Waals surface area (Å²) in [5.41, 5.74) is 1.38. The fourth-order valence-corrected chi connectivity index (χ4v) is 3.02. The molecule has 1 aromatic rings. The van der Waals surface area contributed by atoms with Crippen molar-refractivity contribution in [1.82, 2.24) is 0 Å². The highest BCUT2D eigenvalue weighted by molar-refractivity contribution is 5.82. The van der Waals surface area contributed by atoms with Gasteiger partial charge in [-0.1, -0.05) is 24.3 Å². The molecule has 1 aliphatic rings. The van der Waals surface area contributed by atoms with Crippen LogP contribution in [-0.2, 0) is 21.4 Å². The Labute approximate surface area is 108 Å². The van der Waals surface area contributed by atoms with Gasteiger partial charge in [0.2, 0.25) is 0 Å². The van der Waals surface area contributed by atoms with E-state index in [9.17, 15) is 9.90 Å². The van der Waals surface area contributed by atoms with Crippen molar-refractivity contribution >= 4 is 5.97 Å². The Morgan fingerprint density at radius 3 is 2.89 bits per heavy atom. The Hall–Kier alpha value is -1.35. The summed E-state index contributed by atoms with van der Waals surface area (Å²) >= 11 is 0. The summed E-state index contributed by atoms with van der Waals surface area (Å²) in [6, 6.07) is 7.92. The number of rotatable bonds is 4. The standard InChI is InChI=1S/C15H20O3/c1-11(18-2)10-15(14(16)17)9-5-7-12-6-3-4-8-13(12)15/h3-4,6,8,11H,5,7,9-10H2,1-2H3,(H,16,17). The van der Waals surface area contributed by atoms with Gasteiger partial charge in [0.25, 0.3) is 0 Å². The van der Waals surface area contributed by atoms with Crippen LogP contribution in [0, 0.1) is 0 Å². The molecule has 0 spiro atoms. The van der Waals surface area contributed by atoms with Crippen molar-refractivity contribution in [3.05, 3.63) is 35.4 Å². The van der Waals surface area contributed by atoms with Gasteiger partial charge in [0, 0.05) is 7.11 Å². The van der Waals surface area contributed by atoms with Gasteiger partial charge in [-0.05, 0) is 43.7 Å². The minimum atomic E-state index is -0.774. The Balaban J connectivity index is 2.46. The average molecular weight is 248 g/mol. The number of aryl methyl sites for hydroxylation is 1. The topological polar surface area (TPSA) is 46.5 Å². The fraction of sp³-hybridized carbons (Fsp3) is 0.533. The van der Waals surface area contributed by atoms with Crippen LogP contribution in [0.4, 0.5) is 0 Å². The summed E-state index contributed by atoms with van der Waals surface area (Å²) in [5, 5.41) is 9.72. The van der Waals surface area contributed by atoms with Crippen LogP contribution in [-0.4, -0.2) is 24.3 Å². The van der Waals surface area contributed by atoms with Gasteiger partial charge in [-0.2, -0.15) is 0 Å². The molecule has 2 atom stereocenters. The van der Waals surface area contributed by atoms with Crippen LogP contribution in [0.2, 0.25) is 0 Å². The molecule has 3 nitrogen and oxygen atoms in total. The lowest BCUT2D eigenvalue weighted by atomic mass is 9.67. The van der Waals surface area contributed by atoms with Crippen molar-refractivity contribution in [2.45, 2.75) is 44.1 Å². The fourth-order valence-electron chi connectivity index (χ4n) is 3.02. The number of carboxylic acid groups (broad SMARTS) is 1. The summed E-state index contributed by atoms with van der Waals surface area (Å²) < 4.78 is 5.28. The molecule has 0 radical (unpaired) electrons. The number of fused-ring (bicyclic) bond motifs is 1. The number of benzene rings is 1. The molecule has 98 valence electrons. The second kappa shape index (κ2) is 5.11. The van der Waals surface area contributed by atoms with Crippen molar-refractivity contribution in [3.8, 4) is 0 Å². The van der Waals surface area contributed by atoms with Crippen LogP contribution >= 0.6 is 0 Å². The lowest BCUT2D eigenvalue weighted by Crippen LogP contribution is -2.41. The quantitative estimate of drug-likeness (QED) is 0.891. The first kappa shape index (κ1) is 13.1. The highest BCUT2D eigenvalue weighted by Crippen LogP contribution is 2.41. The van der Waals surface area contributed by atoms with Gasteiger partial charge in [-0.15, -0.1) is 0 Å². The monoisotopic (exact) mass is 248 g/mol. The predicted molar refractivity (Wildman–Crippen MR) is 69.8 cm³/mol. The maximum Gasteiger partial charge on any atom is 0.314 e. The van der Waals surface area contributed by atoms with Crippen LogP contribution in [0.25, 0.3) is 0 Å². The summed E-state index contributed by atoms with van der Waals surface area (Å²) in [4.78, 5) is 11.8.